The van der Waals surface area contributed by atoms with Crippen molar-refractivity contribution in [2.24, 2.45) is 5.41 Å². The Labute approximate surface area is 113 Å². The van der Waals surface area contributed by atoms with Gasteiger partial charge in [-0.1, -0.05) is 11.8 Å². The molecule has 0 saturated carbocycles. The lowest BCUT2D eigenvalue weighted by Crippen LogP contribution is -2.48. The summed E-state index contributed by atoms with van der Waals surface area (Å²) in [5.74, 6) is -1.57. The van der Waals surface area contributed by atoms with Gasteiger partial charge in [-0.3, -0.25) is 9.59 Å². The van der Waals surface area contributed by atoms with Crippen LogP contribution in [-0.4, -0.2) is 42.8 Å². The van der Waals surface area contributed by atoms with Crippen LogP contribution in [0.25, 0.3) is 0 Å². The SMILES string of the molecule is CCOC(=O)C1(CCSC(F)(F)F)COCCC1=O. The Morgan fingerprint density at radius 2 is 2.21 bits per heavy atom. The van der Waals surface area contributed by atoms with Gasteiger partial charge in [0.2, 0.25) is 0 Å². The number of halogens is 3. The topological polar surface area (TPSA) is 52.6 Å². The number of carbonyl (C=O) groups is 2. The first-order chi connectivity index (χ1) is 8.82. The monoisotopic (exact) mass is 300 g/mol. The predicted octanol–water partition coefficient (Wildman–Crippen LogP) is 2.17. The summed E-state index contributed by atoms with van der Waals surface area (Å²) in [7, 11) is 0. The molecule has 0 N–H and O–H groups in total. The van der Waals surface area contributed by atoms with E-state index in [9.17, 15) is 22.8 Å². The van der Waals surface area contributed by atoms with Crippen molar-refractivity contribution in [1.29, 1.82) is 0 Å². The zero-order valence-corrected chi connectivity index (χ0v) is 11.2. The van der Waals surface area contributed by atoms with Gasteiger partial charge in [0.05, 0.1) is 19.8 Å². The molecule has 110 valence electrons. The molecule has 1 aliphatic rings. The summed E-state index contributed by atoms with van der Waals surface area (Å²) in [5.41, 5.74) is -5.96. The van der Waals surface area contributed by atoms with Gasteiger partial charge in [0.25, 0.3) is 0 Å². The molecule has 0 amide bonds. The second-order valence-corrected chi connectivity index (χ2v) is 5.23. The number of carbonyl (C=O) groups excluding carboxylic acids is 2. The molecule has 1 rings (SSSR count). The number of ether oxygens (including phenoxy) is 2. The van der Waals surface area contributed by atoms with Gasteiger partial charge in [-0.2, -0.15) is 13.2 Å². The second kappa shape index (κ2) is 6.60. The van der Waals surface area contributed by atoms with E-state index in [0.29, 0.717) is 0 Å². The number of hydrogen-bond acceptors (Lipinski definition) is 5. The number of rotatable bonds is 5. The Bertz CT molecular complexity index is 345. The minimum atomic E-state index is -4.38. The highest BCUT2D eigenvalue weighted by Crippen LogP contribution is 2.36. The van der Waals surface area contributed by atoms with Crippen LogP contribution in [0.3, 0.4) is 0 Å². The number of ketones is 1. The average Bonchev–Trinajstić information content (AvgIpc) is 2.30. The quantitative estimate of drug-likeness (QED) is 0.575. The van der Waals surface area contributed by atoms with E-state index in [1.54, 1.807) is 6.92 Å². The zero-order valence-electron chi connectivity index (χ0n) is 10.4. The number of esters is 1. The summed E-state index contributed by atoms with van der Waals surface area (Å²) in [6, 6.07) is 0. The molecule has 1 fully saturated rings. The van der Waals surface area contributed by atoms with Gasteiger partial charge in [0.15, 0.2) is 11.2 Å². The van der Waals surface area contributed by atoms with Crippen LogP contribution in [0.2, 0.25) is 0 Å². The zero-order chi connectivity index (χ0) is 14.5. The van der Waals surface area contributed by atoms with Gasteiger partial charge in [-0.05, 0) is 13.3 Å². The van der Waals surface area contributed by atoms with Gasteiger partial charge < -0.3 is 9.47 Å². The van der Waals surface area contributed by atoms with Crippen molar-refractivity contribution in [3.8, 4) is 0 Å². The minimum absolute atomic E-state index is 0.0233. The van der Waals surface area contributed by atoms with Crippen LogP contribution in [0.4, 0.5) is 13.2 Å². The normalized spacial score (nSPS) is 24.3. The van der Waals surface area contributed by atoms with Crippen molar-refractivity contribution in [2.75, 3.05) is 25.6 Å². The van der Waals surface area contributed by atoms with Crippen LogP contribution < -0.4 is 0 Å². The number of Topliss-reactive ketones (excluding diaryl/α,β-unsaturated/α-hetero) is 1. The first kappa shape index (κ1) is 16.3. The molecule has 4 nitrogen and oxygen atoms in total. The Morgan fingerprint density at radius 3 is 2.74 bits per heavy atom. The Hall–Kier alpha value is -0.760. The molecule has 1 saturated heterocycles. The van der Waals surface area contributed by atoms with Crippen molar-refractivity contribution in [3.63, 3.8) is 0 Å². The third-order valence-electron chi connectivity index (χ3n) is 2.82. The van der Waals surface area contributed by atoms with E-state index in [1.165, 1.54) is 0 Å². The fourth-order valence-electron chi connectivity index (χ4n) is 1.83. The predicted molar refractivity (Wildman–Crippen MR) is 62.6 cm³/mol. The molecule has 0 bridgehead atoms. The molecule has 8 heteroatoms. The Balaban J connectivity index is 2.74. The highest BCUT2D eigenvalue weighted by Gasteiger charge is 2.49. The lowest BCUT2D eigenvalue weighted by molar-refractivity contribution is -0.169. The molecule has 0 aromatic carbocycles. The van der Waals surface area contributed by atoms with Gasteiger partial charge in [0.1, 0.15) is 0 Å². The van der Waals surface area contributed by atoms with Crippen molar-refractivity contribution < 1.29 is 32.2 Å². The summed E-state index contributed by atoms with van der Waals surface area (Å²) in [5, 5.41) is 0. The van der Waals surface area contributed by atoms with Crippen molar-refractivity contribution >= 4 is 23.5 Å². The molecular weight excluding hydrogens is 285 g/mol. The Kier molecular flexibility index (Phi) is 5.66. The molecule has 0 radical (unpaired) electrons. The lowest BCUT2D eigenvalue weighted by Gasteiger charge is -2.33. The molecular formula is C11H15F3O4S. The summed E-state index contributed by atoms with van der Waals surface area (Å²) in [6.07, 6.45) is -0.204. The van der Waals surface area contributed by atoms with E-state index in [-0.39, 0.29) is 50.2 Å². The van der Waals surface area contributed by atoms with Crippen molar-refractivity contribution in [1.82, 2.24) is 0 Å². The third kappa shape index (κ3) is 4.38. The summed E-state index contributed by atoms with van der Waals surface area (Å²) in [4.78, 5) is 23.8. The fourth-order valence-corrected chi connectivity index (χ4v) is 2.51. The summed E-state index contributed by atoms with van der Waals surface area (Å²) in [6.45, 7) is 1.62. The maximum atomic E-state index is 12.1. The van der Waals surface area contributed by atoms with Crippen LogP contribution in [0.1, 0.15) is 19.8 Å². The van der Waals surface area contributed by atoms with Crippen LogP contribution in [0.15, 0.2) is 0 Å². The molecule has 0 spiro atoms. The van der Waals surface area contributed by atoms with E-state index >= 15 is 0 Å². The highest BCUT2D eigenvalue weighted by molar-refractivity contribution is 8.00. The van der Waals surface area contributed by atoms with E-state index in [1.807, 2.05) is 0 Å². The molecule has 0 aliphatic carbocycles. The van der Waals surface area contributed by atoms with Gasteiger partial charge in [-0.15, -0.1) is 0 Å². The first-order valence-electron chi connectivity index (χ1n) is 5.81. The van der Waals surface area contributed by atoms with Crippen LogP contribution in [0, 0.1) is 5.41 Å². The van der Waals surface area contributed by atoms with Crippen LogP contribution >= 0.6 is 11.8 Å². The van der Waals surface area contributed by atoms with E-state index in [0.717, 1.165) is 0 Å². The maximum absolute atomic E-state index is 12.1. The van der Waals surface area contributed by atoms with E-state index in [2.05, 4.69) is 0 Å². The summed E-state index contributed by atoms with van der Waals surface area (Å²) >= 11 is -0.252. The van der Waals surface area contributed by atoms with E-state index in [4.69, 9.17) is 9.47 Å². The van der Waals surface area contributed by atoms with Crippen molar-refractivity contribution in [3.05, 3.63) is 0 Å². The van der Waals surface area contributed by atoms with Gasteiger partial charge in [0, 0.05) is 12.2 Å². The molecule has 1 unspecified atom stereocenters. The fraction of sp³-hybridized carbons (Fsp3) is 0.818. The molecule has 19 heavy (non-hydrogen) atoms. The van der Waals surface area contributed by atoms with Crippen LogP contribution in [0.5, 0.6) is 0 Å². The highest BCUT2D eigenvalue weighted by atomic mass is 32.2. The average molecular weight is 300 g/mol. The largest absolute Gasteiger partial charge is 0.465 e. The Morgan fingerprint density at radius 1 is 1.53 bits per heavy atom. The maximum Gasteiger partial charge on any atom is 0.441 e. The first-order valence-corrected chi connectivity index (χ1v) is 6.79. The third-order valence-corrected chi connectivity index (χ3v) is 3.55. The minimum Gasteiger partial charge on any atom is -0.465 e. The smallest absolute Gasteiger partial charge is 0.441 e. The number of alkyl halides is 3. The van der Waals surface area contributed by atoms with Gasteiger partial charge in [-0.25, -0.2) is 0 Å². The van der Waals surface area contributed by atoms with E-state index < -0.39 is 22.7 Å². The molecule has 1 aliphatic heterocycles. The second-order valence-electron chi connectivity index (χ2n) is 4.07. The summed E-state index contributed by atoms with van der Waals surface area (Å²) < 4.78 is 46.2. The van der Waals surface area contributed by atoms with Crippen LogP contribution in [-0.2, 0) is 19.1 Å². The number of hydrogen-bond donors (Lipinski definition) is 0. The molecule has 1 heterocycles. The number of thioether (sulfide) groups is 1. The lowest BCUT2D eigenvalue weighted by atomic mass is 9.79. The standard InChI is InChI=1S/C11H15F3O4S/c1-2-18-9(16)10(4-6-19-11(12,13)14)7-17-5-3-8(10)15/h2-7H2,1H3. The molecule has 0 aromatic rings. The van der Waals surface area contributed by atoms with Crippen molar-refractivity contribution in [2.45, 2.75) is 25.3 Å². The molecule has 0 aromatic heterocycles. The van der Waals surface area contributed by atoms with Gasteiger partial charge >= 0.3 is 11.5 Å². The molecule has 1 atom stereocenters.